The van der Waals surface area contributed by atoms with E-state index in [4.69, 9.17) is 21.6 Å². The third-order valence-corrected chi connectivity index (χ3v) is 2.31. The van der Waals surface area contributed by atoms with Gasteiger partial charge in [-0.2, -0.15) is 5.26 Å². The van der Waals surface area contributed by atoms with Crippen molar-refractivity contribution in [2.45, 2.75) is 18.2 Å². The molecule has 0 saturated carbocycles. The van der Waals surface area contributed by atoms with Crippen LogP contribution >= 0.6 is 11.6 Å². The highest BCUT2D eigenvalue weighted by molar-refractivity contribution is 6.25. The minimum Gasteiger partial charge on any atom is -0.381 e. The average Bonchev–Trinajstić information content (AvgIpc) is 2.38. The number of nitriles is 1. The Kier molecular flexibility index (Phi) is 2.18. The Hall–Kier alpha value is -0.260. The number of halogens is 1. The molecule has 0 aromatic heterocycles. The minimum atomic E-state index is -0.726. The van der Waals surface area contributed by atoms with Crippen molar-refractivity contribution < 1.29 is 4.74 Å². The lowest BCUT2D eigenvalue weighted by atomic mass is 9.94. The largest absolute Gasteiger partial charge is 0.381 e. The van der Waals surface area contributed by atoms with Crippen molar-refractivity contribution in [3.63, 3.8) is 0 Å². The van der Waals surface area contributed by atoms with Gasteiger partial charge in [-0.05, 0) is 13.3 Å². The van der Waals surface area contributed by atoms with Crippen molar-refractivity contribution in [1.29, 1.82) is 5.26 Å². The van der Waals surface area contributed by atoms with E-state index >= 15 is 0 Å². The van der Waals surface area contributed by atoms with Crippen LogP contribution in [0.1, 0.15) is 13.3 Å². The standard InChI is InChI=1S/C7H10ClNO/c1-7(8,5-9)6-2-3-10-4-6/h6H,2-4H2,1H3. The van der Waals surface area contributed by atoms with Gasteiger partial charge >= 0.3 is 0 Å². The molecule has 1 aliphatic rings. The number of hydrogen-bond acceptors (Lipinski definition) is 2. The second-order valence-corrected chi connectivity index (χ2v) is 3.53. The first-order chi connectivity index (χ1) is 4.67. The van der Waals surface area contributed by atoms with Crippen LogP contribution in [-0.4, -0.2) is 18.1 Å². The molecule has 0 radical (unpaired) electrons. The molecule has 2 unspecified atom stereocenters. The topological polar surface area (TPSA) is 33.0 Å². The van der Waals surface area contributed by atoms with E-state index in [9.17, 15) is 0 Å². The van der Waals surface area contributed by atoms with Crippen LogP contribution in [0.25, 0.3) is 0 Å². The van der Waals surface area contributed by atoms with Gasteiger partial charge < -0.3 is 4.74 Å². The smallest absolute Gasteiger partial charge is 0.133 e. The summed E-state index contributed by atoms with van der Waals surface area (Å²) in [5.41, 5.74) is 0. The molecule has 1 saturated heterocycles. The highest BCUT2D eigenvalue weighted by atomic mass is 35.5. The second kappa shape index (κ2) is 2.77. The van der Waals surface area contributed by atoms with Gasteiger partial charge in [0.15, 0.2) is 0 Å². The Balaban J connectivity index is 2.56. The number of ether oxygens (including phenoxy) is 1. The highest BCUT2D eigenvalue weighted by Gasteiger charge is 2.34. The molecule has 2 atom stereocenters. The van der Waals surface area contributed by atoms with Crippen LogP contribution in [0, 0.1) is 17.2 Å². The van der Waals surface area contributed by atoms with E-state index in [1.807, 2.05) is 0 Å². The Labute approximate surface area is 65.7 Å². The summed E-state index contributed by atoms with van der Waals surface area (Å²) in [5.74, 6) is 0.208. The molecule has 1 rings (SSSR count). The fourth-order valence-corrected chi connectivity index (χ4v) is 1.23. The van der Waals surface area contributed by atoms with Crippen molar-refractivity contribution in [3.05, 3.63) is 0 Å². The molecular formula is C7H10ClNO. The van der Waals surface area contributed by atoms with Crippen LogP contribution < -0.4 is 0 Å². The quantitative estimate of drug-likeness (QED) is 0.544. The van der Waals surface area contributed by atoms with E-state index < -0.39 is 4.87 Å². The van der Waals surface area contributed by atoms with Gasteiger partial charge in [0.25, 0.3) is 0 Å². The van der Waals surface area contributed by atoms with Gasteiger partial charge in [0.1, 0.15) is 4.87 Å². The minimum absolute atomic E-state index is 0.208. The zero-order chi connectivity index (χ0) is 7.61. The zero-order valence-corrected chi connectivity index (χ0v) is 6.69. The van der Waals surface area contributed by atoms with Crippen LogP contribution in [0.3, 0.4) is 0 Å². The molecule has 0 N–H and O–H groups in total. The lowest BCUT2D eigenvalue weighted by Gasteiger charge is -2.18. The Morgan fingerprint density at radius 3 is 2.90 bits per heavy atom. The molecule has 0 aromatic rings. The number of hydrogen-bond donors (Lipinski definition) is 0. The van der Waals surface area contributed by atoms with Crippen molar-refractivity contribution in [1.82, 2.24) is 0 Å². The summed E-state index contributed by atoms with van der Waals surface area (Å²) < 4.78 is 5.11. The summed E-state index contributed by atoms with van der Waals surface area (Å²) in [4.78, 5) is -0.726. The molecule has 1 aliphatic heterocycles. The predicted octanol–water partition coefficient (Wildman–Crippen LogP) is 1.54. The average molecular weight is 160 g/mol. The summed E-state index contributed by atoms with van der Waals surface area (Å²) >= 11 is 5.89. The van der Waals surface area contributed by atoms with E-state index in [2.05, 4.69) is 6.07 Å². The Bertz CT molecular complexity index is 155. The molecule has 1 fully saturated rings. The molecule has 0 spiro atoms. The van der Waals surface area contributed by atoms with Crippen LogP contribution in [0.4, 0.5) is 0 Å². The van der Waals surface area contributed by atoms with Gasteiger partial charge in [-0.1, -0.05) is 0 Å². The molecule has 1 heterocycles. The fourth-order valence-electron chi connectivity index (χ4n) is 1.05. The molecule has 0 aromatic carbocycles. The third kappa shape index (κ3) is 1.42. The van der Waals surface area contributed by atoms with Crippen LogP contribution in [0.5, 0.6) is 0 Å². The Morgan fingerprint density at radius 1 is 1.80 bits per heavy atom. The maximum absolute atomic E-state index is 8.62. The molecule has 0 bridgehead atoms. The molecule has 10 heavy (non-hydrogen) atoms. The maximum Gasteiger partial charge on any atom is 0.133 e. The van der Waals surface area contributed by atoms with E-state index in [1.54, 1.807) is 6.92 Å². The molecule has 0 aliphatic carbocycles. The highest BCUT2D eigenvalue weighted by Crippen LogP contribution is 2.30. The van der Waals surface area contributed by atoms with E-state index in [1.165, 1.54) is 0 Å². The number of nitrogens with zero attached hydrogens (tertiary/aromatic N) is 1. The zero-order valence-electron chi connectivity index (χ0n) is 5.93. The molecule has 0 amide bonds. The SMILES string of the molecule is CC(Cl)(C#N)C1CCOC1. The normalized spacial score (nSPS) is 31.1. The van der Waals surface area contributed by atoms with Crippen molar-refractivity contribution in [3.8, 4) is 6.07 Å². The predicted molar refractivity (Wildman–Crippen MR) is 38.8 cm³/mol. The molecule has 2 nitrogen and oxygen atoms in total. The maximum atomic E-state index is 8.62. The second-order valence-electron chi connectivity index (χ2n) is 2.75. The molecule has 3 heteroatoms. The van der Waals surface area contributed by atoms with Crippen LogP contribution in [0.15, 0.2) is 0 Å². The third-order valence-electron chi connectivity index (χ3n) is 1.91. The van der Waals surface area contributed by atoms with Crippen LogP contribution in [-0.2, 0) is 4.74 Å². The lowest BCUT2D eigenvalue weighted by Crippen LogP contribution is -2.26. The van der Waals surface area contributed by atoms with Gasteiger partial charge in [-0.15, -0.1) is 11.6 Å². The van der Waals surface area contributed by atoms with Gasteiger partial charge in [0.05, 0.1) is 12.7 Å². The summed E-state index contributed by atoms with van der Waals surface area (Å²) in [6.07, 6.45) is 0.910. The number of alkyl halides is 1. The van der Waals surface area contributed by atoms with Crippen molar-refractivity contribution in [2.24, 2.45) is 5.92 Å². The fraction of sp³-hybridized carbons (Fsp3) is 0.857. The van der Waals surface area contributed by atoms with E-state index in [0.29, 0.717) is 6.61 Å². The molecular weight excluding hydrogens is 150 g/mol. The summed E-state index contributed by atoms with van der Waals surface area (Å²) in [7, 11) is 0. The van der Waals surface area contributed by atoms with E-state index in [-0.39, 0.29) is 5.92 Å². The first-order valence-corrected chi connectivity index (χ1v) is 3.72. The lowest BCUT2D eigenvalue weighted by molar-refractivity contribution is 0.182. The van der Waals surface area contributed by atoms with Crippen LogP contribution in [0.2, 0.25) is 0 Å². The van der Waals surface area contributed by atoms with Crippen molar-refractivity contribution >= 4 is 11.6 Å². The first kappa shape index (κ1) is 7.84. The van der Waals surface area contributed by atoms with Crippen molar-refractivity contribution in [2.75, 3.05) is 13.2 Å². The van der Waals surface area contributed by atoms with E-state index in [0.717, 1.165) is 13.0 Å². The first-order valence-electron chi connectivity index (χ1n) is 3.35. The van der Waals surface area contributed by atoms with Gasteiger partial charge in [0.2, 0.25) is 0 Å². The number of rotatable bonds is 1. The summed E-state index contributed by atoms with van der Waals surface area (Å²) in [5, 5.41) is 8.62. The monoisotopic (exact) mass is 159 g/mol. The summed E-state index contributed by atoms with van der Waals surface area (Å²) in [6, 6.07) is 2.07. The molecule has 56 valence electrons. The van der Waals surface area contributed by atoms with Gasteiger partial charge in [-0.3, -0.25) is 0 Å². The summed E-state index contributed by atoms with van der Waals surface area (Å²) in [6.45, 7) is 3.12. The van der Waals surface area contributed by atoms with Gasteiger partial charge in [-0.25, -0.2) is 0 Å². The Morgan fingerprint density at radius 2 is 2.50 bits per heavy atom. The van der Waals surface area contributed by atoms with Gasteiger partial charge in [0, 0.05) is 12.5 Å².